The van der Waals surface area contributed by atoms with E-state index in [1.807, 2.05) is 41.0 Å². The van der Waals surface area contributed by atoms with Crippen molar-refractivity contribution in [1.29, 1.82) is 0 Å². The Morgan fingerprint density at radius 2 is 2.00 bits per heavy atom. The lowest BCUT2D eigenvalue weighted by Crippen LogP contribution is -2.25. The maximum absolute atomic E-state index is 13.7. The average Bonchev–Trinajstić information content (AvgIpc) is 3.11. The zero-order valence-electron chi connectivity index (χ0n) is 14.3. The van der Waals surface area contributed by atoms with Crippen LogP contribution in [0.15, 0.2) is 60.8 Å². The van der Waals surface area contributed by atoms with E-state index < -0.39 is 0 Å². The van der Waals surface area contributed by atoms with Gasteiger partial charge in [-0.05, 0) is 42.0 Å². The molecule has 134 valence electrons. The number of halogens is 1. The van der Waals surface area contributed by atoms with E-state index in [1.165, 1.54) is 12.1 Å². The summed E-state index contributed by atoms with van der Waals surface area (Å²) >= 11 is 0. The number of hydrogen-bond acceptors (Lipinski definition) is 5. The largest absolute Gasteiger partial charge is 0.371 e. The summed E-state index contributed by atoms with van der Waals surface area (Å²) in [7, 11) is 0. The van der Waals surface area contributed by atoms with Crippen molar-refractivity contribution in [3.8, 4) is 0 Å². The number of pyridine rings is 1. The second-order valence-corrected chi connectivity index (χ2v) is 6.40. The van der Waals surface area contributed by atoms with Crippen molar-refractivity contribution in [2.75, 3.05) is 11.9 Å². The van der Waals surface area contributed by atoms with Gasteiger partial charge in [-0.2, -0.15) is 0 Å². The Kier molecular flexibility index (Phi) is 3.79. The summed E-state index contributed by atoms with van der Waals surface area (Å²) < 4.78 is 21.4. The summed E-state index contributed by atoms with van der Waals surface area (Å²) in [6, 6.07) is 16.1. The third-order valence-corrected chi connectivity index (χ3v) is 4.71. The van der Waals surface area contributed by atoms with Crippen molar-refractivity contribution in [3.63, 3.8) is 0 Å². The lowest BCUT2D eigenvalue weighted by molar-refractivity contribution is 0.0669. The predicted molar refractivity (Wildman–Crippen MR) is 99.2 cm³/mol. The molecule has 0 amide bonds. The molecule has 2 aromatic heterocycles. The van der Waals surface area contributed by atoms with Crippen LogP contribution >= 0.6 is 0 Å². The summed E-state index contributed by atoms with van der Waals surface area (Å²) in [6.45, 7) is 0.803. The van der Waals surface area contributed by atoms with Crippen LogP contribution in [0.25, 0.3) is 10.9 Å². The highest BCUT2D eigenvalue weighted by molar-refractivity contribution is 5.92. The minimum absolute atomic E-state index is 0.199. The van der Waals surface area contributed by atoms with E-state index in [0.29, 0.717) is 25.0 Å². The van der Waals surface area contributed by atoms with E-state index in [2.05, 4.69) is 20.5 Å². The van der Waals surface area contributed by atoms with Crippen LogP contribution in [0.3, 0.4) is 0 Å². The van der Waals surface area contributed by atoms with Crippen molar-refractivity contribution in [3.05, 3.63) is 78.0 Å². The zero-order chi connectivity index (χ0) is 18.2. The Hall–Kier alpha value is -3.32. The van der Waals surface area contributed by atoms with Gasteiger partial charge < -0.3 is 10.1 Å². The van der Waals surface area contributed by atoms with Crippen LogP contribution < -0.4 is 5.32 Å². The van der Waals surface area contributed by atoms with Crippen LogP contribution in [0.4, 0.5) is 16.0 Å². The Bertz CT molecular complexity index is 1120. The fourth-order valence-electron chi connectivity index (χ4n) is 3.46. The summed E-state index contributed by atoms with van der Waals surface area (Å²) in [5.41, 5.74) is 2.60. The second kappa shape index (κ2) is 6.44. The van der Waals surface area contributed by atoms with E-state index in [1.54, 1.807) is 12.3 Å². The fourth-order valence-corrected chi connectivity index (χ4v) is 3.46. The van der Waals surface area contributed by atoms with Gasteiger partial charge in [-0.25, -0.2) is 4.39 Å². The summed E-state index contributed by atoms with van der Waals surface area (Å²) in [4.78, 5) is 4.39. The molecule has 0 bridgehead atoms. The van der Waals surface area contributed by atoms with Crippen molar-refractivity contribution in [1.82, 2.24) is 19.7 Å². The standard InChI is InChI=1S/C20H16FN5O/c21-14-5-1-4-13(10-14)18-11-27-12-19-24-25-20(26(18)19)23-17-8-2-7-16-15(17)6-3-9-22-16/h1-10,18H,11-12H2,(H,23,25)/t18-/m0/s1. The quantitative estimate of drug-likeness (QED) is 0.601. The molecule has 0 aliphatic carbocycles. The van der Waals surface area contributed by atoms with E-state index in [4.69, 9.17) is 4.74 Å². The number of nitrogens with one attached hydrogen (secondary N) is 1. The molecule has 7 heteroatoms. The van der Waals surface area contributed by atoms with Gasteiger partial charge >= 0.3 is 0 Å². The number of anilines is 2. The number of nitrogens with zero attached hydrogens (tertiary/aromatic N) is 4. The molecule has 0 saturated heterocycles. The maximum Gasteiger partial charge on any atom is 0.229 e. The van der Waals surface area contributed by atoms with Crippen LogP contribution in [0, 0.1) is 5.82 Å². The van der Waals surface area contributed by atoms with Crippen molar-refractivity contribution in [2.24, 2.45) is 0 Å². The first-order valence-electron chi connectivity index (χ1n) is 8.67. The molecule has 5 rings (SSSR count). The van der Waals surface area contributed by atoms with Gasteiger partial charge in [0.25, 0.3) is 0 Å². The molecule has 27 heavy (non-hydrogen) atoms. The highest BCUT2D eigenvalue weighted by Crippen LogP contribution is 2.31. The summed E-state index contributed by atoms with van der Waals surface area (Å²) in [6.07, 6.45) is 1.77. The summed E-state index contributed by atoms with van der Waals surface area (Å²) in [5.74, 6) is 1.03. The highest BCUT2D eigenvalue weighted by atomic mass is 19.1. The SMILES string of the molecule is Fc1cccc([C@@H]2COCc3nnc(Nc4cccc5ncccc45)n32)c1. The maximum atomic E-state index is 13.7. The number of aromatic nitrogens is 4. The summed E-state index contributed by atoms with van der Waals surface area (Å²) in [5, 5.41) is 12.9. The fraction of sp³-hybridized carbons (Fsp3) is 0.150. The van der Waals surface area contributed by atoms with Crippen LogP contribution in [-0.4, -0.2) is 26.4 Å². The molecule has 3 heterocycles. The van der Waals surface area contributed by atoms with E-state index in [9.17, 15) is 4.39 Å². The van der Waals surface area contributed by atoms with Crippen LogP contribution in [-0.2, 0) is 11.3 Å². The molecule has 1 N–H and O–H groups in total. The highest BCUT2D eigenvalue weighted by Gasteiger charge is 2.27. The van der Waals surface area contributed by atoms with Gasteiger partial charge in [-0.15, -0.1) is 10.2 Å². The Morgan fingerprint density at radius 3 is 2.93 bits per heavy atom. The zero-order valence-corrected chi connectivity index (χ0v) is 14.3. The molecule has 6 nitrogen and oxygen atoms in total. The molecule has 0 fully saturated rings. The smallest absolute Gasteiger partial charge is 0.229 e. The number of hydrogen-bond donors (Lipinski definition) is 1. The molecule has 0 saturated carbocycles. The Labute approximate surface area is 154 Å². The first-order valence-corrected chi connectivity index (χ1v) is 8.67. The van der Waals surface area contributed by atoms with Gasteiger partial charge in [0.2, 0.25) is 5.95 Å². The minimum Gasteiger partial charge on any atom is -0.371 e. The predicted octanol–water partition coefficient (Wildman–Crippen LogP) is 3.83. The Balaban J connectivity index is 1.58. The molecule has 4 aromatic rings. The number of fused-ring (bicyclic) bond motifs is 2. The third-order valence-electron chi connectivity index (χ3n) is 4.71. The van der Waals surface area contributed by atoms with Gasteiger partial charge in [0.1, 0.15) is 12.4 Å². The second-order valence-electron chi connectivity index (χ2n) is 6.40. The molecule has 1 atom stereocenters. The van der Waals surface area contributed by atoms with Gasteiger partial charge in [0, 0.05) is 11.6 Å². The lowest BCUT2D eigenvalue weighted by atomic mass is 10.1. The van der Waals surface area contributed by atoms with Gasteiger partial charge in [-0.3, -0.25) is 9.55 Å². The van der Waals surface area contributed by atoms with E-state index in [-0.39, 0.29) is 11.9 Å². The Morgan fingerprint density at radius 1 is 1.07 bits per heavy atom. The van der Waals surface area contributed by atoms with Crippen molar-refractivity contribution >= 4 is 22.5 Å². The molecule has 1 aliphatic rings. The molecule has 2 aromatic carbocycles. The lowest BCUT2D eigenvalue weighted by Gasteiger charge is -2.26. The number of benzene rings is 2. The first kappa shape index (κ1) is 15.9. The molecular weight excluding hydrogens is 345 g/mol. The van der Waals surface area contributed by atoms with E-state index in [0.717, 1.165) is 22.2 Å². The monoisotopic (exact) mass is 361 g/mol. The molecule has 0 unspecified atom stereocenters. The van der Waals surface area contributed by atoms with Gasteiger partial charge in [0.15, 0.2) is 5.82 Å². The molecule has 0 radical (unpaired) electrons. The number of rotatable bonds is 3. The van der Waals surface area contributed by atoms with Crippen LogP contribution in [0.1, 0.15) is 17.4 Å². The molecule has 1 aliphatic heterocycles. The first-order chi connectivity index (χ1) is 13.3. The van der Waals surface area contributed by atoms with Crippen LogP contribution in [0.5, 0.6) is 0 Å². The minimum atomic E-state index is -0.276. The van der Waals surface area contributed by atoms with Crippen molar-refractivity contribution in [2.45, 2.75) is 12.6 Å². The van der Waals surface area contributed by atoms with Crippen molar-refractivity contribution < 1.29 is 9.13 Å². The van der Waals surface area contributed by atoms with Gasteiger partial charge in [0.05, 0.1) is 23.9 Å². The number of ether oxygens (including phenoxy) is 1. The molecule has 0 spiro atoms. The normalized spacial score (nSPS) is 16.3. The van der Waals surface area contributed by atoms with E-state index >= 15 is 0 Å². The average molecular weight is 361 g/mol. The molecular formula is C20H16FN5O. The topological polar surface area (TPSA) is 64.9 Å². The third kappa shape index (κ3) is 2.82. The van der Waals surface area contributed by atoms with Crippen LogP contribution in [0.2, 0.25) is 0 Å². The van der Waals surface area contributed by atoms with Gasteiger partial charge in [-0.1, -0.05) is 18.2 Å².